The zero-order valence-corrected chi connectivity index (χ0v) is 17.1. The van der Waals surface area contributed by atoms with Crippen LogP contribution in [0.4, 0.5) is 0 Å². The molecule has 9 heteroatoms. The molecule has 6 nitrogen and oxygen atoms in total. The first kappa shape index (κ1) is 23.0. The maximum absolute atomic E-state index is 12.5. The van der Waals surface area contributed by atoms with Gasteiger partial charge in [-0.2, -0.15) is 0 Å². The molecule has 1 atom stereocenters. The number of hydrogen-bond acceptors (Lipinski definition) is 5. The van der Waals surface area contributed by atoms with Gasteiger partial charge in [-0.25, -0.2) is 0 Å². The van der Waals surface area contributed by atoms with Gasteiger partial charge in [0, 0.05) is 44.2 Å². The van der Waals surface area contributed by atoms with Crippen molar-refractivity contribution < 1.29 is 9.59 Å². The number of hydrogen-bond donors (Lipinski definition) is 1. The maximum atomic E-state index is 12.5. The molecule has 1 N–H and O–H groups in total. The molecule has 0 saturated carbocycles. The van der Waals surface area contributed by atoms with Gasteiger partial charge in [0.1, 0.15) is 0 Å². The van der Waals surface area contributed by atoms with Crippen LogP contribution < -0.4 is 5.32 Å². The maximum Gasteiger partial charge on any atom is 0.236 e. The van der Waals surface area contributed by atoms with Crippen molar-refractivity contribution in [2.75, 3.05) is 38.5 Å². The minimum absolute atomic E-state index is 0. The summed E-state index contributed by atoms with van der Waals surface area (Å²) in [4.78, 5) is 32.7. The van der Waals surface area contributed by atoms with Crippen LogP contribution in [0.15, 0.2) is 24.4 Å². The Labute approximate surface area is 171 Å². The van der Waals surface area contributed by atoms with Crippen molar-refractivity contribution in [1.82, 2.24) is 20.1 Å². The molecule has 146 valence electrons. The Balaban J connectivity index is 0.00000169. The van der Waals surface area contributed by atoms with E-state index in [-0.39, 0.29) is 42.7 Å². The monoisotopic (exact) mass is 420 g/mol. The molecule has 1 aromatic rings. The second kappa shape index (κ2) is 11.6. The minimum Gasteiger partial charge on any atom is -0.340 e. The number of piperidine rings is 1. The lowest BCUT2D eigenvalue weighted by atomic mass is 10.0. The van der Waals surface area contributed by atoms with E-state index in [0.717, 1.165) is 43.9 Å². The first-order valence-electron chi connectivity index (χ1n) is 8.49. The fourth-order valence-electron chi connectivity index (χ4n) is 3.26. The zero-order valence-electron chi connectivity index (χ0n) is 14.6. The van der Waals surface area contributed by atoms with Crippen LogP contribution >= 0.6 is 36.6 Å². The summed E-state index contributed by atoms with van der Waals surface area (Å²) < 4.78 is 0. The molecule has 2 saturated heterocycles. The van der Waals surface area contributed by atoms with Gasteiger partial charge in [0.05, 0.1) is 18.0 Å². The third-order valence-corrected chi connectivity index (χ3v) is 5.47. The Morgan fingerprint density at radius 1 is 1.31 bits per heavy atom. The predicted molar refractivity (Wildman–Crippen MR) is 109 cm³/mol. The van der Waals surface area contributed by atoms with Crippen LogP contribution in [0.3, 0.4) is 0 Å². The molecule has 2 amide bonds. The molecule has 0 aromatic carbocycles. The third-order valence-electron chi connectivity index (χ3n) is 4.52. The number of piperazine rings is 1. The normalized spacial score (nSPS) is 20.2. The van der Waals surface area contributed by atoms with E-state index in [2.05, 4.69) is 10.3 Å². The molecule has 0 bridgehead atoms. The Bertz CT molecular complexity index is 579. The van der Waals surface area contributed by atoms with Gasteiger partial charge in [0.15, 0.2) is 0 Å². The van der Waals surface area contributed by atoms with Crippen LogP contribution in [0.25, 0.3) is 0 Å². The van der Waals surface area contributed by atoms with Crippen LogP contribution in [-0.2, 0) is 15.3 Å². The summed E-state index contributed by atoms with van der Waals surface area (Å²) in [5.74, 6) is 1.55. The van der Waals surface area contributed by atoms with Gasteiger partial charge in [0.2, 0.25) is 11.8 Å². The van der Waals surface area contributed by atoms with Crippen LogP contribution in [-0.4, -0.2) is 71.1 Å². The number of thioether (sulfide) groups is 1. The Kier molecular flexibility index (Phi) is 10.3. The third kappa shape index (κ3) is 6.30. The quantitative estimate of drug-likeness (QED) is 0.782. The smallest absolute Gasteiger partial charge is 0.236 e. The standard InChI is InChI=1S/C17H24N4O2S.2ClH/c22-16-10-18-7-9-21(16)15-5-3-8-20(11-15)17(23)13-24-12-14-4-1-2-6-19-14;;/h1-2,4,6,15,18H,3,5,7-13H2;2*1H. The van der Waals surface area contributed by atoms with Gasteiger partial charge in [-0.05, 0) is 25.0 Å². The van der Waals surface area contributed by atoms with Gasteiger partial charge in [-0.3, -0.25) is 14.6 Å². The van der Waals surface area contributed by atoms with Crippen molar-refractivity contribution in [1.29, 1.82) is 0 Å². The number of rotatable bonds is 5. The summed E-state index contributed by atoms with van der Waals surface area (Å²) >= 11 is 1.60. The first-order chi connectivity index (χ1) is 11.7. The topological polar surface area (TPSA) is 65.5 Å². The summed E-state index contributed by atoms with van der Waals surface area (Å²) in [6.45, 7) is 3.49. The van der Waals surface area contributed by atoms with Gasteiger partial charge < -0.3 is 15.1 Å². The van der Waals surface area contributed by atoms with Gasteiger partial charge in [-0.15, -0.1) is 36.6 Å². The second-order valence-electron chi connectivity index (χ2n) is 6.21. The Morgan fingerprint density at radius 2 is 2.15 bits per heavy atom. The lowest BCUT2D eigenvalue weighted by Gasteiger charge is -2.41. The molecule has 3 rings (SSSR count). The number of nitrogens with zero attached hydrogens (tertiary/aromatic N) is 3. The summed E-state index contributed by atoms with van der Waals surface area (Å²) in [7, 11) is 0. The number of aromatic nitrogens is 1. The Morgan fingerprint density at radius 3 is 2.88 bits per heavy atom. The zero-order chi connectivity index (χ0) is 16.8. The van der Waals surface area contributed by atoms with Crippen molar-refractivity contribution in [2.45, 2.75) is 24.6 Å². The number of likely N-dealkylation sites (tertiary alicyclic amines) is 1. The highest BCUT2D eigenvalue weighted by Gasteiger charge is 2.31. The summed E-state index contributed by atoms with van der Waals surface area (Å²) in [6, 6.07) is 6.01. The van der Waals surface area contributed by atoms with E-state index in [1.165, 1.54) is 0 Å². The summed E-state index contributed by atoms with van der Waals surface area (Å²) in [5.41, 5.74) is 0.998. The number of carbonyl (C=O) groups excluding carboxylic acids is 2. The number of halogens is 2. The number of carbonyl (C=O) groups is 2. The van der Waals surface area contributed by atoms with Crippen molar-refractivity contribution >= 4 is 48.4 Å². The van der Waals surface area contributed by atoms with E-state index in [0.29, 0.717) is 18.8 Å². The van der Waals surface area contributed by atoms with Gasteiger partial charge in [0.25, 0.3) is 0 Å². The fraction of sp³-hybridized carbons (Fsp3) is 0.588. The van der Waals surface area contributed by atoms with Gasteiger partial charge >= 0.3 is 0 Å². The van der Waals surface area contributed by atoms with E-state index in [4.69, 9.17) is 0 Å². The highest BCUT2D eigenvalue weighted by molar-refractivity contribution is 7.99. The highest BCUT2D eigenvalue weighted by Crippen LogP contribution is 2.19. The minimum atomic E-state index is 0. The SMILES string of the molecule is Cl.Cl.O=C(CSCc1ccccn1)N1CCCC(N2CCNCC2=O)C1. The molecular formula is C17H26Cl2N4O2S. The van der Waals surface area contributed by atoms with Crippen molar-refractivity contribution in [3.05, 3.63) is 30.1 Å². The number of pyridine rings is 1. The summed E-state index contributed by atoms with van der Waals surface area (Å²) in [6.07, 6.45) is 3.74. The molecule has 2 fully saturated rings. The fourth-order valence-corrected chi connectivity index (χ4v) is 4.10. The van der Waals surface area contributed by atoms with Crippen molar-refractivity contribution in [3.8, 4) is 0 Å². The second-order valence-corrected chi connectivity index (χ2v) is 7.20. The molecule has 1 unspecified atom stereocenters. The van der Waals surface area contributed by atoms with Gasteiger partial charge in [-0.1, -0.05) is 6.07 Å². The molecule has 0 spiro atoms. The molecule has 1 aromatic heterocycles. The number of amides is 2. The Hall–Kier alpha value is -1.02. The molecule has 0 aliphatic carbocycles. The van der Waals surface area contributed by atoms with Crippen LogP contribution in [0.1, 0.15) is 18.5 Å². The number of nitrogens with one attached hydrogen (secondary N) is 1. The first-order valence-corrected chi connectivity index (χ1v) is 9.65. The summed E-state index contributed by atoms with van der Waals surface area (Å²) in [5, 5.41) is 3.10. The largest absolute Gasteiger partial charge is 0.340 e. The lowest BCUT2D eigenvalue weighted by molar-refractivity contribution is -0.139. The van der Waals surface area contributed by atoms with Crippen LogP contribution in [0, 0.1) is 0 Å². The predicted octanol–water partition coefficient (Wildman–Crippen LogP) is 1.58. The molecule has 3 heterocycles. The molecule has 0 radical (unpaired) electrons. The van der Waals surface area contributed by atoms with Crippen LogP contribution in [0.2, 0.25) is 0 Å². The van der Waals surface area contributed by atoms with E-state index >= 15 is 0 Å². The van der Waals surface area contributed by atoms with Crippen molar-refractivity contribution in [2.24, 2.45) is 0 Å². The van der Waals surface area contributed by atoms with Crippen molar-refractivity contribution in [3.63, 3.8) is 0 Å². The van der Waals surface area contributed by atoms with E-state index in [1.54, 1.807) is 18.0 Å². The van der Waals surface area contributed by atoms with E-state index in [9.17, 15) is 9.59 Å². The lowest BCUT2D eigenvalue weighted by Crippen LogP contribution is -2.57. The van der Waals surface area contributed by atoms with Crippen LogP contribution in [0.5, 0.6) is 0 Å². The molecule has 2 aliphatic heterocycles. The molecular weight excluding hydrogens is 395 g/mol. The average Bonchev–Trinajstić information content (AvgIpc) is 2.63. The highest BCUT2D eigenvalue weighted by atomic mass is 35.5. The van der Waals surface area contributed by atoms with E-state index in [1.807, 2.05) is 28.0 Å². The van der Waals surface area contributed by atoms with E-state index < -0.39 is 0 Å². The molecule has 2 aliphatic rings. The average molecular weight is 421 g/mol. The molecule has 26 heavy (non-hydrogen) atoms.